The summed E-state index contributed by atoms with van der Waals surface area (Å²) in [6, 6.07) is -3.32. The van der Waals surface area contributed by atoms with Crippen LogP contribution in [0.1, 0.15) is 79.1 Å². The van der Waals surface area contributed by atoms with E-state index in [0.29, 0.717) is 25.7 Å². The van der Waals surface area contributed by atoms with Gasteiger partial charge in [0.2, 0.25) is 23.6 Å². The van der Waals surface area contributed by atoms with Crippen LogP contribution in [0.2, 0.25) is 0 Å². The van der Waals surface area contributed by atoms with Crippen molar-refractivity contribution in [3.63, 3.8) is 0 Å². The number of carbonyl (C=O) groups is 8. The van der Waals surface area contributed by atoms with Gasteiger partial charge in [-0.3, -0.25) is 19.2 Å². The highest BCUT2D eigenvalue weighted by Gasteiger charge is 2.33. The third kappa shape index (κ3) is 22.2. The van der Waals surface area contributed by atoms with E-state index in [-0.39, 0.29) is 78.5 Å². The molecule has 20 heteroatoms. The Labute approximate surface area is 334 Å². The van der Waals surface area contributed by atoms with E-state index in [1.165, 1.54) is 28.4 Å². The van der Waals surface area contributed by atoms with Crippen LogP contribution >= 0.6 is 0 Å². The standard InChI is InChI=1S/C37H64N4O16/c1-9-25(33(46)50-5)38-29(42)13-17-54-21-37(22-55-18-14-30(43)39-26(10-2)34(47)51-6,23-56-19-15-31(44)40-27(11-3)35(48)52-7)24-57-20-16-32(45)41-28(12-4)36(49)53-8/h25-28H,9-24H2,1-8H3,(H,38,42)(H,39,43)(H,40,44)(H,41,45). The van der Waals surface area contributed by atoms with Gasteiger partial charge in [0.05, 0.1) is 86.7 Å². The molecule has 0 heterocycles. The summed E-state index contributed by atoms with van der Waals surface area (Å²) in [5.41, 5.74) is -1.13. The van der Waals surface area contributed by atoms with Gasteiger partial charge in [0.1, 0.15) is 24.2 Å². The van der Waals surface area contributed by atoms with Crippen LogP contribution < -0.4 is 21.3 Å². The number of rotatable bonds is 32. The van der Waals surface area contributed by atoms with Gasteiger partial charge in [0.25, 0.3) is 0 Å². The predicted molar refractivity (Wildman–Crippen MR) is 201 cm³/mol. The number of esters is 4. The maximum Gasteiger partial charge on any atom is 0.328 e. The minimum Gasteiger partial charge on any atom is -0.467 e. The normalized spacial score (nSPS) is 14.0. The highest BCUT2D eigenvalue weighted by Crippen LogP contribution is 2.22. The summed E-state index contributed by atoms with van der Waals surface area (Å²) < 4.78 is 42.5. The summed E-state index contributed by atoms with van der Waals surface area (Å²) in [4.78, 5) is 98.1. The molecular weight excluding hydrogens is 756 g/mol. The monoisotopic (exact) mass is 820 g/mol. The summed E-state index contributed by atoms with van der Waals surface area (Å²) in [6.07, 6.45) is 0.765. The SMILES string of the molecule is CCC(NC(=O)CCOCC(COCCC(=O)NC(CC)C(=O)OC)(COCCC(=O)NC(CC)C(=O)OC)COCCC(=O)NC(CC)C(=O)OC)C(=O)OC. The van der Waals surface area contributed by atoms with E-state index in [1.54, 1.807) is 27.7 Å². The molecule has 4 atom stereocenters. The molecule has 0 radical (unpaired) electrons. The van der Waals surface area contributed by atoms with Gasteiger partial charge < -0.3 is 59.2 Å². The average molecular weight is 821 g/mol. The van der Waals surface area contributed by atoms with Crippen molar-refractivity contribution in [3.05, 3.63) is 0 Å². The average Bonchev–Trinajstić information content (AvgIpc) is 3.22. The molecule has 20 nitrogen and oxygen atoms in total. The molecule has 0 spiro atoms. The van der Waals surface area contributed by atoms with Gasteiger partial charge in [0.15, 0.2) is 0 Å². The zero-order valence-corrected chi connectivity index (χ0v) is 34.7. The predicted octanol–water partition coefficient (Wildman–Crippen LogP) is -0.129. The van der Waals surface area contributed by atoms with Crippen LogP contribution in [0.5, 0.6) is 0 Å². The van der Waals surface area contributed by atoms with E-state index in [9.17, 15) is 38.4 Å². The molecular formula is C37H64N4O16. The van der Waals surface area contributed by atoms with E-state index in [2.05, 4.69) is 21.3 Å². The van der Waals surface area contributed by atoms with Crippen LogP contribution in [0, 0.1) is 5.41 Å². The highest BCUT2D eigenvalue weighted by atomic mass is 16.5. The van der Waals surface area contributed by atoms with Crippen molar-refractivity contribution < 1.29 is 76.3 Å². The molecule has 0 aliphatic heterocycles. The van der Waals surface area contributed by atoms with Gasteiger partial charge in [-0.05, 0) is 25.7 Å². The minimum atomic E-state index is -1.13. The molecule has 0 aromatic carbocycles. The van der Waals surface area contributed by atoms with Crippen LogP contribution in [-0.4, -0.2) is 153 Å². The van der Waals surface area contributed by atoms with Gasteiger partial charge in [-0.2, -0.15) is 0 Å². The Bertz CT molecular complexity index is 1080. The van der Waals surface area contributed by atoms with Gasteiger partial charge in [0, 0.05) is 25.7 Å². The number of hydrogen-bond acceptors (Lipinski definition) is 16. The number of ether oxygens (including phenoxy) is 8. The van der Waals surface area contributed by atoms with Crippen LogP contribution in [0.25, 0.3) is 0 Å². The summed E-state index contributed by atoms with van der Waals surface area (Å²) in [5, 5.41) is 10.4. The van der Waals surface area contributed by atoms with E-state index < -0.39 is 77.1 Å². The third-order valence-corrected chi connectivity index (χ3v) is 8.44. The summed E-state index contributed by atoms with van der Waals surface area (Å²) in [6.45, 7) is 5.98. The summed E-state index contributed by atoms with van der Waals surface area (Å²) in [7, 11) is 4.87. The maximum absolute atomic E-state index is 12.6. The first-order valence-corrected chi connectivity index (χ1v) is 19.0. The molecule has 0 saturated carbocycles. The van der Waals surface area contributed by atoms with Crippen molar-refractivity contribution in [1.29, 1.82) is 0 Å². The first-order valence-electron chi connectivity index (χ1n) is 19.0. The summed E-state index contributed by atoms with van der Waals surface area (Å²) in [5.74, 6) is -4.20. The van der Waals surface area contributed by atoms with Crippen LogP contribution in [0.3, 0.4) is 0 Å². The Morgan fingerprint density at radius 1 is 0.386 bits per heavy atom. The Morgan fingerprint density at radius 3 is 0.737 bits per heavy atom. The van der Waals surface area contributed by atoms with Crippen LogP contribution in [-0.2, 0) is 76.3 Å². The van der Waals surface area contributed by atoms with Gasteiger partial charge in [-0.1, -0.05) is 27.7 Å². The van der Waals surface area contributed by atoms with Gasteiger partial charge in [-0.25, -0.2) is 19.2 Å². The van der Waals surface area contributed by atoms with Crippen molar-refractivity contribution in [2.45, 2.75) is 103 Å². The number of amides is 4. The lowest BCUT2D eigenvalue weighted by Crippen LogP contribution is -2.44. The fraction of sp³-hybridized carbons (Fsp3) is 0.784. The second kappa shape index (κ2) is 30.7. The lowest BCUT2D eigenvalue weighted by Gasteiger charge is -2.33. The smallest absolute Gasteiger partial charge is 0.328 e. The summed E-state index contributed by atoms with van der Waals surface area (Å²) >= 11 is 0. The largest absolute Gasteiger partial charge is 0.467 e. The molecule has 0 aromatic rings. The number of nitrogens with one attached hydrogen (secondary N) is 4. The third-order valence-electron chi connectivity index (χ3n) is 8.44. The number of methoxy groups -OCH3 is 4. The molecule has 4 N–H and O–H groups in total. The minimum absolute atomic E-state index is 0.0950. The van der Waals surface area contributed by atoms with Crippen LogP contribution in [0.4, 0.5) is 0 Å². The molecule has 0 saturated heterocycles. The van der Waals surface area contributed by atoms with E-state index in [4.69, 9.17) is 37.9 Å². The van der Waals surface area contributed by atoms with E-state index >= 15 is 0 Å². The van der Waals surface area contributed by atoms with Crippen molar-refractivity contribution in [2.75, 3.05) is 81.3 Å². The Hall–Kier alpha value is -4.40. The Kier molecular flexibility index (Phi) is 28.3. The second-order valence-corrected chi connectivity index (χ2v) is 12.9. The van der Waals surface area contributed by atoms with E-state index in [0.717, 1.165) is 0 Å². The fourth-order valence-electron chi connectivity index (χ4n) is 5.01. The first kappa shape index (κ1) is 52.6. The molecule has 0 aromatic heterocycles. The fourth-order valence-corrected chi connectivity index (χ4v) is 5.01. The lowest BCUT2D eigenvalue weighted by atomic mass is 9.92. The molecule has 0 aliphatic carbocycles. The molecule has 4 unspecified atom stereocenters. The van der Waals surface area contributed by atoms with Gasteiger partial charge >= 0.3 is 23.9 Å². The quantitative estimate of drug-likeness (QED) is 0.0392. The number of hydrogen-bond donors (Lipinski definition) is 4. The van der Waals surface area contributed by atoms with Crippen molar-refractivity contribution in [1.82, 2.24) is 21.3 Å². The molecule has 0 fully saturated rings. The van der Waals surface area contributed by atoms with Crippen LogP contribution in [0.15, 0.2) is 0 Å². The highest BCUT2D eigenvalue weighted by molar-refractivity contribution is 5.86. The maximum atomic E-state index is 12.6. The van der Waals surface area contributed by atoms with Crippen molar-refractivity contribution in [2.24, 2.45) is 5.41 Å². The molecule has 4 amide bonds. The molecule has 0 rings (SSSR count). The Balaban J connectivity index is 5.98. The second-order valence-electron chi connectivity index (χ2n) is 12.9. The first-order chi connectivity index (χ1) is 27.2. The number of carbonyl (C=O) groups excluding carboxylic acids is 8. The zero-order valence-electron chi connectivity index (χ0n) is 34.7. The zero-order chi connectivity index (χ0) is 43.2. The van der Waals surface area contributed by atoms with E-state index in [1.807, 2.05) is 0 Å². The van der Waals surface area contributed by atoms with Crippen molar-refractivity contribution in [3.8, 4) is 0 Å². The molecule has 328 valence electrons. The molecule has 57 heavy (non-hydrogen) atoms. The lowest BCUT2D eigenvalue weighted by molar-refractivity contribution is -0.145. The van der Waals surface area contributed by atoms with Gasteiger partial charge in [-0.15, -0.1) is 0 Å². The molecule has 0 aliphatic rings. The van der Waals surface area contributed by atoms with Crippen molar-refractivity contribution >= 4 is 47.5 Å². The molecule has 0 bridgehead atoms. The topological polar surface area (TPSA) is 259 Å². The Morgan fingerprint density at radius 2 is 0.579 bits per heavy atom.